The van der Waals surface area contributed by atoms with E-state index in [-0.39, 0.29) is 0 Å². The smallest absolute Gasteiger partial charge is 0.191 e. The number of nitrogens with one attached hydrogen (secondary N) is 2. The zero-order chi connectivity index (χ0) is 15.7. The Morgan fingerprint density at radius 2 is 2.10 bits per heavy atom. The summed E-state index contributed by atoms with van der Waals surface area (Å²) >= 11 is 1.86. The quantitative estimate of drug-likeness (QED) is 0.433. The van der Waals surface area contributed by atoms with Gasteiger partial charge in [-0.1, -0.05) is 13.8 Å². The molecule has 1 aromatic rings. The van der Waals surface area contributed by atoms with Crippen LogP contribution in [-0.2, 0) is 13.6 Å². The molecule has 0 aliphatic rings. The predicted molar refractivity (Wildman–Crippen MR) is 90.7 cm³/mol. The van der Waals surface area contributed by atoms with Gasteiger partial charge in [0.2, 0.25) is 0 Å². The van der Waals surface area contributed by atoms with Gasteiger partial charge in [-0.2, -0.15) is 11.8 Å². The van der Waals surface area contributed by atoms with Crippen LogP contribution >= 0.6 is 11.8 Å². The molecule has 0 radical (unpaired) electrons. The number of aliphatic imine (C=N–C) groups is 1. The van der Waals surface area contributed by atoms with Gasteiger partial charge in [0, 0.05) is 20.1 Å². The van der Waals surface area contributed by atoms with E-state index in [1.54, 1.807) is 0 Å². The first-order chi connectivity index (χ1) is 10.0. The van der Waals surface area contributed by atoms with Crippen LogP contribution in [0.5, 0.6) is 0 Å². The highest BCUT2D eigenvalue weighted by Gasteiger charge is 2.05. The Bertz CT molecular complexity index is 441. The standard InChI is InChI=1S/C14H28N6S/c1-11(2)9-16-14(15-7-6-8-21-5)17-10-13-19-18-12(3)20(13)4/h11H,6-10H2,1-5H3,(H2,15,16,17). The van der Waals surface area contributed by atoms with Gasteiger partial charge in [0.25, 0.3) is 0 Å². The third kappa shape index (κ3) is 6.84. The fourth-order valence-electron chi connectivity index (χ4n) is 1.64. The SMILES string of the molecule is CSCCCNC(=NCc1nnc(C)n1C)NCC(C)C. The predicted octanol–water partition coefficient (Wildman–Crippen LogP) is 1.57. The lowest BCUT2D eigenvalue weighted by molar-refractivity contribution is 0.612. The number of nitrogens with zero attached hydrogens (tertiary/aromatic N) is 4. The van der Waals surface area contributed by atoms with Crippen molar-refractivity contribution >= 4 is 17.7 Å². The van der Waals surface area contributed by atoms with Gasteiger partial charge in [-0.15, -0.1) is 10.2 Å². The Balaban J connectivity index is 2.56. The van der Waals surface area contributed by atoms with E-state index in [9.17, 15) is 0 Å². The Labute approximate surface area is 132 Å². The summed E-state index contributed by atoms with van der Waals surface area (Å²) in [5.74, 6) is 4.38. The minimum absolute atomic E-state index is 0.535. The lowest BCUT2D eigenvalue weighted by Gasteiger charge is -2.14. The molecule has 2 N–H and O–H groups in total. The lowest BCUT2D eigenvalue weighted by atomic mass is 10.2. The van der Waals surface area contributed by atoms with E-state index in [1.807, 2.05) is 30.3 Å². The van der Waals surface area contributed by atoms with E-state index >= 15 is 0 Å². The highest BCUT2D eigenvalue weighted by atomic mass is 32.2. The summed E-state index contributed by atoms with van der Waals surface area (Å²) in [6, 6.07) is 0. The van der Waals surface area contributed by atoms with E-state index < -0.39 is 0 Å². The van der Waals surface area contributed by atoms with Gasteiger partial charge in [0.05, 0.1) is 0 Å². The average molecular weight is 312 g/mol. The maximum Gasteiger partial charge on any atom is 0.191 e. The summed E-state index contributed by atoms with van der Waals surface area (Å²) < 4.78 is 1.97. The molecule has 7 heteroatoms. The molecule has 0 aliphatic heterocycles. The molecule has 6 nitrogen and oxygen atoms in total. The lowest BCUT2D eigenvalue weighted by Crippen LogP contribution is -2.39. The Morgan fingerprint density at radius 1 is 1.33 bits per heavy atom. The molecule has 0 bridgehead atoms. The molecule has 0 fully saturated rings. The van der Waals surface area contributed by atoms with Crippen molar-refractivity contribution in [2.45, 2.75) is 33.7 Å². The molecule has 1 aromatic heterocycles. The Hall–Kier alpha value is -1.24. The van der Waals surface area contributed by atoms with Gasteiger partial charge in [0.15, 0.2) is 11.8 Å². The summed E-state index contributed by atoms with van der Waals surface area (Å²) in [5.41, 5.74) is 0. The number of guanidine groups is 1. The monoisotopic (exact) mass is 312 g/mol. The summed E-state index contributed by atoms with van der Waals surface area (Å²) in [4.78, 5) is 4.60. The first-order valence-electron chi connectivity index (χ1n) is 7.40. The van der Waals surface area contributed by atoms with Gasteiger partial charge in [-0.05, 0) is 31.3 Å². The topological polar surface area (TPSA) is 67.1 Å². The van der Waals surface area contributed by atoms with Crippen molar-refractivity contribution in [2.75, 3.05) is 25.1 Å². The van der Waals surface area contributed by atoms with Crippen molar-refractivity contribution in [2.24, 2.45) is 18.0 Å². The third-order valence-electron chi connectivity index (χ3n) is 3.06. The normalized spacial score (nSPS) is 12.0. The zero-order valence-corrected chi connectivity index (χ0v) is 14.6. The van der Waals surface area contributed by atoms with Crippen LogP contribution in [-0.4, -0.2) is 45.8 Å². The van der Waals surface area contributed by atoms with Crippen molar-refractivity contribution in [1.29, 1.82) is 0 Å². The zero-order valence-electron chi connectivity index (χ0n) is 13.8. The van der Waals surface area contributed by atoms with Crippen molar-refractivity contribution in [1.82, 2.24) is 25.4 Å². The second kappa shape index (κ2) is 9.65. The molecule has 0 unspecified atom stereocenters. The van der Waals surface area contributed by atoms with Gasteiger partial charge < -0.3 is 15.2 Å². The van der Waals surface area contributed by atoms with E-state index in [2.05, 4.69) is 45.9 Å². The summed E-state index contributed by atoms with van der Waals surface area (Å²) in [6.07, 6.45) is 3.26. The summed E-state index contributed by atoms with van der Waals surface area (Å²) in [7, 11) is 1.97. The molecular weight excluding hydrogens is 284 g/mol. The van der Waals surface area contributed by atoms with Crippen LogP contribution in [0.4, 0.5) is 0 Å². The number of rotatable bonds is 8. The molecule has 120 valence electrons. The maximum absolute atomic E-state index is 4.60. The van der Waals surface area contributed by atoms with Crippen LogP contribution in [0.1, 0.15) is 31.9 Å². The molecule has 0 aromatic carbocycles. The van der Waals surface area contributed by atoms with Crippen molar-refractivity contribution in [3.05, 3.63) is 11.6 Å². The molecular formula is C14H28N6S. The minimum atomic E-state index is 0.535. The number of aromatic nitrogens is 3. The molecule has 0 saturated carbocycles. The average Bonchev–Trinajstić information content (AvgIpc) is 2.77. The number of thioether (sulfide) groups is 1. The fourth-order valence-corrected chi connectivity index (χ4v) is 2.07. The number of hydrogen-bond donors (Lipinski definition) is 2. The number of hydrogen-bond acceptors (Lipinski definition) is 4. The highest BCUT2D eigenvalue weighted by molar-refractivity contribution is 7.98. The van der Waals surface area contributed by atoms with Gasteiger partial charge in [-0.3, -0.25) is 0 Å². The van der Waals surface area contributed by atoms with Crippen molar-refractivity contribution in [3.63, 3.8) is 0 Å². The van der Waals surface area contributed by atoms with Crippen LogP contribution in [0.15, 0.2) is 4.99 Å². The van der Waals surface area contributed by atoms with E-state index in [4.69, 9.17) is 0 Å². The third-order valence-corrected chi connectivity index (χ3v) is 3.75. The molecule has 0 amide bonds. The first-order valence-corrected chi connectivity index (χ1v) is 8.80. The summed E-state index contributed by atoms with van der Waals surface area (Å²) in [6.45, 7) is 8.69. The second-order valence-electron chi connectivity index (χ2n) is 5.44. The molecule has 0 atom stereocenters. The first kappa shape index (κ1) is 17.8. The van der Waals surface area contributed by atoms with Crippen molar-refractivity contribution < 1.29 is 0 Å². The fraction of sp³-hybridized carbons (Fsp3) is 0.786. The van der Waals surface area contributed by atoms with Crippen LogP contribution < -0.4 is 10.6 Å². The summed E-state index contributed by atoms with van der Waals surface area (Å²) in [5, 5.41) is 14.9. The van der Waals surface area contributed by atoms with Gasteiger partial charge in [0.1, 0.15) is 12.4 Å². The van der Waals surface area contributed by atoms with Crippen LogP contribution in [0.25, 0.3) is 0 Å². The van der Waals surface area contributed by atoms with E-state index in [0.717, 1.165) is 42.9 Å². The molecule has 21 heavy (non-hydrogen) atoms. The van der Waals surface area contributed by atoms with Crippen LogP contribution in [0.3, 0.4) is 0 Å². The molecule has 0 saturated heterocycles. The maximum atomic E-state index is 4.60. The van der Waals surface area contributed by atoms with E-state index in [0.29, 0.717) is 12.5 Å². The largest absolute Gasteiger partial charge is 0.356 e. The molecule has 0 aliphatic carbocycles. The highest BCUT2D eigenvalue weighted by Crippen LogP contribution is 1.99. The second-order valence-corrected chi connectivity index (χ2v) is 6.42. The van der Waals surface area contributed by atoms with Crippen molar-refractivity contribution in [3.8, 4) is 0 Å². The van der Waals surface area contributed by atoms with E-state index in [1.165, 1.54) is 0 Å². The Morgan fingerprint density at radius 3 is 2.67 bits per heavy atom. The van der Waals surface area contributed by atoms with Gasteiger partial charge in [-0.25, -0.2) is 4.99 Å². The molecule has 1 rings (SSSR count). The molecule has 0 spiro atoms. The van der Waals surface area contributed by atoms with Gasteiger partial charge >= 0.3 is 0 Å². The molecule has 1 heterocycles. The Kier molecular flexibility index (Phi) is 8.19. The van der Waals surface area contributed by atoms with Crippen LogP contribution in [0.2, 0.25) is 0 Å². The van der Waals surface area contributed by atoms with Crippen LogP contribution in [0, 0.1) is 12.8 Å². The number of aryl methyl sites for hydroxylation is 1. The minimum Gasteiger partial charge on any atom is -0.356 e.